The number of anilines is 2. The number of hydrogen-bond acceptors (Lipinski definition) is 4. The summed E-state index contributed by atoms with van der Waals surface area (Å²) in [5.74, 6) is 0.831. The third kappa shape index (κ3) is 2.15. The van der Waals surface area contributed by atoms with Crippen molar-refractivity contribution in [2.75, 3.05) is 17.2 Å². The summed E-state index contributed by atoms with van der Waals surface area (Å²) in [5, 5.41) is 7.03. The lowest BCUT2D eigenvalue weighted by Gasteiger charge is -2.27. The van der Waals surface area contributed by atoms with Gasteiger partial charge < -0.3 is 10.6 Å². The lowest BCUT2D eigenvalue weighted by Crippen LogP contribution is -2.34. The van der Waals surface area contributed by atoms with Crippen molar-refractivity contribution in [2.45, 2.75) is 32.7 Å². The second-order valence-electron chi connectivity index (χ2n) is 3.81. The predicted octanol–water partition coefficient (Wildman–Crippen LogP) is 2.44. The predicted molar refractivity (Wildman–Crippen MR) is 62.6 cm³/mol. The number of rotatable bonds is 2. The Bertz CT molecular complexity index is 367. The number of nitrogens with one attached hydrogen (secondary N) is 2. The van der Waals surface area contributed by atoms with E-state index in [1.807, 2.05) is 6.92 Å². The average Bonchev–Trinajstić information content (AvgIpc) is 2.17. The van der Waals surface area contributed by atoms with E-state index in [-0.39, 0.29) is 0 Å². The van der Waals surface area contributed by atoms with Crippen LogP contribution in [0.25, 0.3) is 0 Å². The van der Waals surface area contributed by atoms with Crippen molar-refractivity contribution in [3.05, 3.63) is 11.0 Å². The fourth-order valence-electron chi connectivity index (χ4n) is 1.85. The molecule has 15 heavy (non-hydrogen) atoms. The van der Waals surface area contributed by atoms with Crippen molar-refractivity contribution in [3.63, 3.8) is 0 Å². The van der Waals surface area contributed by atoms with Crippen LogP contribution in [0.4, 0.5) is 11.5 Å². The second-order valence-corrected chi connectivity index (χ2v) is 4.15. The number of hydrogen-bond donors (Lipinski definition) is 2. The summed E-state index contributed by atoms with van der Waals surface area (Å²) in [6.07, 6.45) is 2.29. The molecule has 0 amide bonds. The molecule has 0 bridgehead atoms. The van der Waals surface area contributed by atoms with Crippen LogP contribution in [0.5, 0.6) is 0 Å². The SMILES string of the molecule is CCC[C@H]1CNc2c(C)nc(Cl)nc2N1. The maximum absolute atomic E-state index is 5.82. The van der Waals surface area contributed by atoms with Crippen molar-refractivity contribution in [2.24, 2.45) is 0 Å². The molecule has 2 rings (SSSR count). The molecule has 0 unspecified atom stereocenters. The fraction of sp³-hybridized carbons (Fsp3) is 0.600. The van der Waals surface area contributed by atoms with Crippen molar-refractivity contribution in [1.82, 2.24) is 9.97 Å². The molecule has 1 aliphatic rings. The zero-order chi connectivity index (χ0) is 10.8. The molecule has 5 heteroatoms. The molecule has 0 saturated carbocycles. The molecule has 82 valence electrons. The van der Waals surface area contributed by atoms with Crippen LogP contribution in [0.1, 0.15) is 25.5 Å². The summed E-state index contributed by atoms with van der Waals surface area (Å²) < 4.78 is 0. The van der Waals surface area contributed by atoms with Crippen LogP contribution >= 0.6 is 11.6 Å². The van der Waals surface area contributed by atoms with Gasteiger partial charge in [0.1, 0.15) is 0 Å². The molecule has 2 heterocycles. The minimum Gasteiger partial charge on any atom is -0.379 e. The summed E-state index contributed by atoms with van der Waals surface area (Å²) in [5.41, 5.74) is 1.87. The second kappa shape index (κ2) is 4.23. The third-order valence-electron chi connectivity index (χ3n) is 2.57. The van der Waals surface area contributed by atoms with Crippen molar-refractivity contribution in [3.8, 4) is 0 Å². The molecular weight excluding hydrogens is 212 g/mol. The van der Waals surface area contributed by atoms with Gasteiger partial charge in [0, 0.05) is 12.6 Å². The van der Waals surface area contributed by atoms with E-state index in [0.29, 0.717) is 11.3 Å². The molecule has 1 aliphatic heterocycles. The standard InChI is InChI=1S/C10H15ClN4/c1-3-4-7-5-12-8-6(2)13-10(11)15-9(8)14-7/h7,12H,3-5H2,1-2H3,(H,13,14,15)/t7-/m0/s1. The Morgan fingerprint density at radius 1 is 1.47 bits per heavy atom. The van der Waals surface area contributed by atoms with Gasteiger partial charge in [-0.15, -0.1) is 0 Å². The number of aryl methyl sites for hydroxylation is 1. The minimum atomic E-state index is 0.303. The van der Waals surface area contributed by atoms with Gasteiger partial charge in [0.25, 0.3) is 0 Å². The molecule has 0 saturated heterocycles. The van der Waals surface area contributed by atoms with Crippen molar-refractivity contribution < 1.29 is 0 Å². The van der Waals surface area contributed by atoms with Crippen LogP contribution < -0.4 is 10.6 Å². The number of fused-ring (bicyclic) bond motifs is 1. The van der Waals surface area contributed by atoms with Gasteiger partial charge in [0.15, 0.2) is 5.82 Å². The molecule has 1 aromatic heterocycles. The maximum atomic E-state index is 5.82. The van der Waals surface area contributed by atoms with E-state index in [1.165, 1.54) is 0 Å². The third-order valence-corrected chi connectivity index (χ3v) is 2.73. The highest BCUT2D eigenvalue weighted by atomic mass is 35.5. The molecule has 0 spiro atoms. The van der Waals surface area contributed by atoms with E-state index in [0.717, 1.165) is 36.6 Å². The monoisotopic (exact) mass is 226 g/mol. The molecule has 0 aliphatic carbocycles. The topological polar surface area (TPSA) is 49.8 Å². The van der Waals surface area contributed by atoms with Crippen LogP contribution in [-0.2, 0) is 0 Å². The Hall–Kier alpha value is -1.03. The zero-order valence-corrected chi connectivity index (χ0v) is 9.73. The lowest BCUT2D eigenvalue weighted by atomic mass is 10.1. The molecule has 0 radical (unpaired) electrons. The Morgan fingerprint density at radius 3 is 3.00 bits per heavy atom. The summed E-state index contributed by atoms with van der Waals surface area (Å²) in [6.45, 7) is 5.03. The van der Waals surface area contributed by atoms with Crippen molar-refractivity contribution >= 4 is 23.1 Å². The first-order valence-corrected chi connectivity index (χ1v) is 5.63. The van der Waals surface area contributed by atoms with E-state index in [1.54, 1.807) is 0 Å². The molecule has 1 atom stereocenters. The normalized spacial score (nSPS) is 19.0. The van der Waals surface area contributed by atoms with Gasteiger partial charge in [0.05, 0.1) is 11.4 Å². The Labute approximate surface area is 94.5 Å². The van der Waals surface area contributed by atoms with Crippen LogP contribution in [0, 0.1) is 6.92 Å². The highest BCUT2D eigenvalue weighted by Crippen LogP contribution is 2.28. The van der Waals surface area contributed by atoms with Crippen LogP contribution in [0.15, 0.2) is 0 Å². The number of nitrogens with zero attached hydrogens (tertiary/aromatic N) is 2. The highest BCUT2D eigenvalue weighted by molar-refractivity contribution is 6.28. The zero-order valence-electron chi connectivity index (χ0n) is 8.97. The molecule has 0 aromatic carbocycles. The summed E-state index contributed by atoms with van der Waals surface area (Å²) in [4.78, 5) is 8.30. The van der Waals surface area contributed by atoms with E-state index in [2.05, 4.69) is 27.5 Å². The molecule has 2 N–H and O–H groups in total. The quantitative estimate of drug-likeness (QED) is 0.761. The van der Waals surface area contributed by atoms with Gasteiger partial charge in [0.2, 0.25) is 5.28 Å². The maximum Gasteiger partial charge on any atom is 0.224 e. The Balaban J connectivity index is 2.25. The van der Waals surface area contributed by atoms with Gasteiger partial charge in [-0.25, -0.2) is 4.98 Å². The largest absolute Gasteiger partial charge is 0.379 e. The first kappa shape index (κ1) is 10.5. The van der Waals surface area contributed by atoms with E-state index in [4.69, 9.17) is 11.6 Å². The van der Waals surface area contributed by atoms with E-state index < -0.39 is 0 Å². The first-order valence-electron chi connectivity index (χ1n) is 5.25. The molecule has 4 nitrogen and oxygen atoms in total. The molecule has 0 fully saturated rings. The highest BCUT2D eigenvalue weighted by Gasteiger charge is 2.20. The van der Waals surface area contributed by atoms with E-state index >= 15 is 0 Å². The van der Waals surface area contributed by atoms with Crippen molar-refractivity contribution in [1.29, 1.82) is 0 Å². The molecule has 1 aromatic rings. The number of halogens is 1. The Kier molecular flexibility index (Phi) is 2.95. The van der Waals surface area contributed by atoms with Gasteiger partial charge in [-0.05, 0) is 24.9 Å². The van der Waals surface area contributed by atoms with Gasteiger partial charge in [-0.1, -0.05) is 13.3 Å². The van der Waals surface area contributed by atoms with Gasteiger partial charge >= 0.3 is 0 Å². The average molecular weight is 227 g/mol. The Morgan fingerprint density at radius 2 is 2.27 bits per heavy atom. The van der Waals surface area contributed by atoms with Gasteiger partial charge in [-0.2, -0.15) is 4.98 Å². The lowest BCUT2D eigenvalue weighted by molar-refractivity contribution is 0.650. The van der Waals surface area contributed by atoms with Gasteiger partial charge in [-0.3, -0.25) is 0 Å². The molecular formula is C10H15ClN4. The summed E-state index contributed by atoms with van der Waals surface area (Å²) in [6, 6.07) is 0.438. The number of aromatic nitrogens is 2. The van der Waals surface area contributed by atoms with Crippen LogP contribution in [0.2, 0.25) is 5.28 Å². The smallest absolute Gasteiger partial charge is 0.224 e. The minimum absolute atomic E-state index is 0.303. The van der Waals surface area contributed by atoms with Crippen LogP contribution in [0.3, 0.4) is 0 Å². The van der Waals surface area contributed by atoms with Crippen LogP contribution in [-0.4, -0.2) is 22.6 Å². The summed E-state index contributed by atoms with van der Waals surface area (Å²) in [7, 11) is 0. The fourth-order valence-corrected chi connectivity index (χ4v) is 2.06. The first-order chi connectivity index (χ1) is 7.20. The summed E-state index contributed by atoms with van der Waals surface area (Å²) >= 11 is 5.82. The van der Waals surface area contributed by atoms with E-state index in [9.17, 15) is 0 Å².